The summed E-state index contributed by atoms with van der Waals surface area (Å²) in [7, 11) is 1.71. The summed E-state index contributed by atoms with van der Waals surface area (Å²) in [6.07, 6.45) is 6.25. The summed E-state index contributed by atoms with van der Waals surface area (Å²) >= 11 is 0. The van der Waals surface area contributed by atoms with Gasteiger partial charge in [-0.3, -0.25) is 0 Å². The molecule has 1 N–H and O–H groups in total. The van der Waals surface area contributed by atoms with Gasteiger partial charge in [0.25, 0.3) is 0 Å². The van der Waals surface area contributed by atoms with Crippen molar-refractivity contribution in [1.82, 2.24) is 5.32 Å². The Balaban J connectivity index is 2.48. The predicted octanol–water partition coefficient (Wildman–Crippen LogP) is 4.43. The average molecular weight is 277 g/mol. The van der Waals surface area contributed by atoms with Crippen LogP contribution in [0.5, 0.6) is 5.75 Å². The van der Waals surface area contributed by atoms with Gasteiger partial charge in [0, 0.05) is 6.04 Å². The minimum atomic E-state index is 0.645. The van der Waals surface area contributed by atoms with E-state index in [-0.39, 0.29) is 0 Å². The first-order valence-corrected chi connectivity index (χ1v) is 8.09. The molecule has 20 heavy (non-hydrogen) atoms. The fraction of sp³-hybridized carbons (Fsp3) is 0.667. The van der Waals surface area contributed by atoms with Gasteiger partial charge >= 0.3 is 0 Å². The monoisotopic (exact) mass is 277 g/mol. The van der Waals surface area contributed by atoms with Crippen LogP contribution >= 0.6 is 0 Å². The molecular weight excluding hydrogens is 246 g/mol. The lowest BCUT2D eigenvalue weighted by Crippen LogP contribution is -2.31. The standard InChI is InChI=1S/C18H31NO/c1-5-15(6-2)14-17(19-7-3)11-8-16-9-12-18(20-4)13-10-16/h9-10,12-13,15,17,19H,5-8,11,14H2,1-4H3. The zero-order valence-electron chi connectivity index (χ0n) is 13.6. The van der Waals surface area contributed by atoms with Crippen LogP contribution < -0.4 is 10.1 Å². The van der Waals surface area contributed by atoms with Crippen molar-refractivity contribution < 1.29 is 4.74 Å². The van der Waals surface area contributed by atoms with Crippen LogP contribution in [0.3, 0.4) is 0 Å². The van der Waals surface area contributed by atoms with Crippen LogP contribution in [0.1, 0.15) is 52.0 Å². The third-order valence-corrected chi connectivity index (χ3v) is 4.21. The molecular formula is C18H31NO. The molecule has 0 aliphatic rings. The molecule has 0 radical (unpaired) electrons. The lowest BCUT2D eigenvalue weighted by molar-refractivity contribution is 0.356. The van der Waals surface area contributed by atoms with Crippen LogP contribution in [0.4, 0.5) is 0 Å². The smallest absolute Gasteiger partial charge is 0.118 e. The SMILES string of the molecule is CCNC(CCc1ccc(OC)cc1)CC(CC)CC. The molecule has 0 heterocycles. The van der Waals surface area contributed by atoms with Crippen molar-refractivity contribution >= 4 is 0 Å². The number of hydrogen-bond donors (Lipinski definition) is 1. The van der Waals surface area contributed by atoms with E-state index in [1.54, 1.807) is 7.11 Å². The van der Waals surface area contributed by atoms with Gasteiger partial charge in [-0.2, -0.15) is 0 Å². The highest BCUT2D eigenvalue weighted by Crippen LogP contribution is 2.19. The predicted molar refractivity (Wildman–Crippen MR) is 87.5 cm³/mol. The third-order valence-electron chi connectivity index (χ3n) is 4.21. The van der Waals surface area contributed by atoms with Crippen molar-refractivity contribution in [2.45, 2.75) is 58.9 Å². The number of ether oxygens (including phenoxy) is 1. The number of rotatable bonds is 10. The van der Waals surface area contributed by atoms with Crippen LogP contribution in [-0.4, -0.2) is 19.7 Å². The first kappa shape index (κ1) is 17.0. The maximum atomic E-state index is 5.20. The van der Waals surface area contributed by atoms with E-state index < -0.39 is 0 Å². The van der Waals surface area contributed by atoms with Gasteiger partial charge in [0.15, 0.2) is 0 Å². The molecule has 1 rings (SSSR count). The van der Waals surface area contributed by atoms with E-state index >= 15 is 0 Å². The summed E-state index contributed by atoms with van der Waals surface area (Å²) in [4.78, 5) is 0. The zero-order valence-corrected chi connectivity index (χ0v) is 13.6. The van der Waals surface area contributed by atoms with Crippen molar-refractivity contribution in [2.75, 3.05) is 13.7 Å². The number of nitrogens with one attached hydrogen (secondary N) is 1. The molecule has 1 unspecified atom stereocenters. The summed E-state index contributed by atoms with van der Waals surface area (Å²) in [5.41, 5.74) is 1.40. The van der Waals surface area contributed by atoms with E-state index in [0.717, 1.165) is 24.6 Å². The second-order valence-electron chi connectivity index (χ2n) is 5.56. The van der Waals surface area contributed by atoms with Crippen LogP contribution in [0.15, 0.2) is 24.3 Å². The normalized spacial score (nSPS) is 12.7. The van der Waals surface area contributed by atoms with Crippen LogP contribution in [0, 0.1) is 5.92 Å². The number of methoxy groups -OCH3 is 1. The Kier molecular flexibility index (Phi) is 8.36. The van der Waals surface area contributed by atoms with Gasteiger partial charge in [0.2, 0.25) is 0 Å². The van der Waals surface area contributed by atoms with Crippen LogP contribution in [0.25, 0.3) is 0 Å². The van der Waals surface area contributed by atoms with E-state index in [1.807, 2.05) is 0 Å². The van der Waals surface area contributed by atoms with Gasteiger partial charge in [-0.05, 0) is 49.4 Å². The Morgan fingerprint density at radius 1 is 1.05 bits per heavy atom. The fourth-order valence-corrected chi connectivity index (χ4v) is 2.75. The molecule has 114 valence electrons. The Labute approximate surface area is 124 Å². The van der Waals surface area contributed by atoms with Gasteiger partial charge in [0.1, 0.15) is 5.75 Å². The highest BCUT2D eigenvalue weighted by atomic mass is 16.5. The van der Waals surface area contributed by atoms with Crippen molar-refractivity contribution in [3.63, 3.8) is 0 Å². The second kappa shape index (κ2) is 9.82. The molecule has 0 aliphatic carbocycles. The highest BCUT2D eigenvalue weighted by molar-refractivity contribution is 5.27. The van der Waals surface area contributed by atoms with Crippen LogP contribution in [-0.2, 0) is 6.42 Å². The molecule has 1 aromatic rings. The van der Waals surface area contributed by atoms with Gasteiger partial charge in [-0.15, -0.1) is 0 Å². The topological polar surface area (TPSA) is 21.3 Å². The second-order valence-corrected chi connectivity index (χ2v) is 5.56. The first-order valence-electron chi connectivity index (χ1n) is 8.09. The van der Waals surface area contributed by atoms with E-state index in [4.69, 9.17) is 4.74 Å². The largest absolute Gasteiger partial charge is 0.497 e. The van der Waals surface area contributed by atoms with E-state index in [1.165, 1.54) is 31.2 Å². The van der Waals surface area contributed by atoms with Crippen LogP contribution in [0.2, 0.25) is 0 Å². The van der Waals surface area contributed by atoms with Crippen molar-refractivity contribution in [3.05, 3.63) is 29.8 Å². The summed E-state index contributed by atoms with van der Waals surface area (Å²) in [6.45, 7) is 7.88. The summed E-state index contributed by atoms with van der Waals surface area (Å²) in [5.74, 6) is 1.80. The van der Waals surface area contributed by atoms with Gasteiger partial charge in [0.05, 0.1) is 7.11 Å². The lowest BCUT2D eigenvalue weighted by atomic mass is 9.91. The molecule has 0 spiro atoms. The molecule has 0 fully saturated rings. The van der Waals surface area contributed by atoms with Gasteiger partial charge in [-0.25, -0.2) is 0 Å². The number of aryl methyl sites for hydroxylation is 1. The molecule has 0 saturated heterocycles. The van der Waals surface area contributed by atoms with Gasteiger partial charge < -0.3 is 10.1 Å². The molecule has 0 saturated carbocycles. The minimum Gasteiger partial charge on any atom is -0.497 e. The molecule has 0 bridgehead atoms. The Morgan fingerprint density at radius 2 is 1.70 bits per heavy atom. The molecule has 0 aliphatic heterocycles. The number of hydrogen-bond acceptors (Lipinski definition) is 2. The maximum absolute atomic E-state index is 5.20. The molecule has 1 aromatic carbocycles. The quantitative estimate of drug-likeness (QED) is 0.683. The van der Waals surface area contributed by atoms with Gasteiger partial charge in [-0.1, -0.05) is 45.7 Å². The molecule has 1 atom stereocenters. The first-order chi connectivity index (χ1) is 9.73. The molecule has 2 heteroatoms. The lowest BCUT2D eigenvalue weighted by Gasteiger charge is -2.22. The highest BCUT2D eigenvalue weighted by Gasteiger charge is 2.13. The van der Waals surface area contributed by atoms with E-state index in [0.29, 0.717) is 6.04 Å². The minimum absolute atomic E-state index is 0.645. The zero-order chi connectivity index (χ0) is 14.8. The van der Waals surface area contributed by atoms with E-state index in [9.17, 15) is 0 Å². The Bertz CT molecular complexity index is 343. The Morgan fingerprint density at radius 3 is 2.20 bits per heavy atom. The summed E-state index contributed by atoms with van der Waals surface area (Å²) in [6, 6.07) is 9.11. The van der Waals surface area contributed by atoms with Crippen molar-refractivity contribution in [3.8, 4) is 5.75 Å². The summed E-state index contributed by atoms with van der Waals surface area (Å²) < 4.78 is 5.20. The number of benzene rings is 1. The fourth-order valence-electron chi connectivity index (χ4n) is 2.75. The third kappa shape index (κ3) is 5.96. The Hall–Kier alpha value is -1.02. The van der Waals surface area contributed by atoms with E-state index in [2.05, 4.69) is 50.4 Å². The molecule has 2 nitrogen and oxygen atoms in total. The maximum Gasteiger partial charge on any atom is 0.118 e. The van der Waals surface area contributed by atoms with Crippen molar-refractivity contribution in [2.24, 2.45) is 5.92 Å². The average Bonchev–Trinajstić information content (AvgIpc) is 2.50. The molecule has 0 amide bonds. The summed E-state index contributed by atoms with van der Waals surface area (Å²) in [5, 5.41) is 3.65. The molecule has 0 aromatic heterocycles. The van der Waals surface area contributed by atoms with Crippen molar-refractivity contribution in [1.29, 1.82) is 0 Å².